The molecule has 0 N–H and O–H groups in total. The lowest BCUT2D eigenvalue weighted by atomic mass is 9.92. The third-order valence-electron chi connectivity index (χ3n) is 2.23. The van der Waals surface area contributed by atoms with Crippen molar-refractivity contribution < 1.29 is 0 Å². The van der Waals surface area contributed by atoms with Crippen LogP contribution in [-0.4, -0.2) is 9.69 Å². The van der Waals surface area contributed by atoms with Crippen LogP contribution in [0.1, 0.15) is 17.5 Å². The Bertz CT molecular complexity index is 319. The molecule has 2 rings (SSSR count). The van der Waals surface area contributed by atoms with Crippen molar-refractivity contribution in [3.8, 4) is 0 Å². The van der Waals surface area contributed by atoms with Gasteiger partial charge in [0.15, 0.2) is 0 Å². The van der Waals surface area contributed by atoms with Crippen LogP contribution in [0.25, 0.3) is 0 Å². The Kier molecular flexibility index (Phi) is 2.28. The van der Waals surface area contributed by atoms with Gasteiger partial charge in [-0.25, -0.2) is 0 Å². The number of thiocarbonyl (C=S) groups is 1. The van der Waals surface area contributed by atoms with Gasteiger partial charge in [-0.3, -0.25) is 0 Å². The molecule has 1 aliphatic carbocycles. The Balaban J connectivity index is 2.49. The highest BCUT2D eigenvalue weighted by Gasteiger charge is 2.20. The second-order valence-electron chi connectivity index (χ2n) is 3.03. The number of hydrogen-bond donors (Lipinski definition) is 0. The molecule has 62 valence electrons. The molecule has 0 fully saturated rings. The van der Waals surface area contributed by atoms with Gasteiger partial charge in [0.05, 0.1) is 4.83 Å². The molecule has 0 amide bonds. The molecule has 2 heteroatoms. The topological polar surface area (TPSA) is 0 Å². The summed E-state index contributed by atoms with van der Waals surface area (Å²) in [7, 11) is 0. The third-order valence-corrected chi connectivity index (χ3v) is 3.96. The largest absolute Gasteiger partial charge is 0.0830 e. The predicted octanol–water partition coefficient (Wildman–Crippen LogP) is 3.11. The fraction of sp³-hybridized carbons (Fsp3) is 0.300. The molecule has 0 saturated heterocycles. The number of rotatable bonds is 0. The molecular weight excluding hydrogens is 232 g/mol. The summed E-state index contributed by atoms with van der Waals surface area (Å²) in [6, 6.07) is 8.41. The Morgan fingerprint density at radius 2 is 2.08 bits per heavy atom. The number of aryl methyl sites for hydroxylation is 1. The fourth-order valence-electron chi connectivity index (χ4n) is 1.56. The Hall–Kier alpha value is -0.210. The van der Waals surface area contributed by atoms with Crippen molar-refractivity contribution in [1.29, 1.82) is 0 Å². The van der Waals surface area contributed by atoms with Crippen LogP contribution >= 0.6 is 28.1 Å². The van der Waals surface area contributed by atoms with Crippen LogP contribution in [0.3, 0.4) is 0 Å². The van der Waals surface area contributed by atoms with Gasteiger partial charge in [0.25, 0.3) is 0 Å². The van der Waals surface area contributed by atoms with Crippen molar-refractivity contribution in [1.82, 2.24) is 0 Å². The summed E-state index contributed by atoms with van der Waals surface area (Å²) >= 11 is 8.92. The maximum absolute atomic E-state index is 5.34. The van der Waals surface area contributed by atoms with E-state index in [9.17, 15) is 0 Å². The molecule has 0 aromatic heterocycles. The lowest BCUT2D eigenvalue weighted by molar-refractivity contribution is 0.867. The average molecular weight is 241 g/mol. The van der Waals surface area contributed by atoms with Gasteiger partial charge in [-0.05, 0) is 24.0 Å². The summed E-state index contributed by atoms with van der Waals surface area (Å²) in [6.45, 7) is 0. The molecule has 0 unspecified atom stereocenters. The molecule has 0 bridgehead atoms. The second-order valence-corrected chi connectivity index (χ2v) is 4.57. The van der Waals surface area contributed by atoms with E-state index in [0.29, 0.717) is 4.83 Å². The summed E-state index contributed by atoms with van der Waals surface area (Å²) in [5.74, 6) is 0. The van der Waals surface area contributed by atoms with E-state index in [1.807, 2.05) is 0 Å². The lowest BCUT2D eigenvalue weighted by Crippen LogP contribution is -2.20. The van der Waals surface area contributed by atoms with E-state index >= 15 is 0 Å². The maximum Gasteiger partial charge on any atom is 0.0506 e. The highest BCUT2D eigenvalue weighted by atomic mass is 79.9. The van der Waals surface area contributed by atoms with E-state index in [1.54, 1.807) is 0 Å². The molecule has 0 heterocycles. The molecule has 1 aromatic rings. The molecule has 0 spiro atoms. The zero-order chi connectivity index (χ0) is 8.55. The summed E-state index contributed by atoms with van der Waals surface area (Å²) in [5, 5.41) is 0. The van der Waals surface area contributed by atoms with Crippen molar-refractivity contribution in [2.45, 2.75) is 17.7 Å². The molecule has 12 heavy (non-hydrogen) atoms. The van der Waals surface area contributed by atoms with Gasteiger partial charge in [0, 0.05) is 4.86 Å². The Morgan fingerprint density at radius 3 is 2.92 bits per heavy atom. The first-order valence-electron chi connectivity index (χ1n) is 4.05. The number of fused-ring (bicyclic) bond motifs is 1. The van der Waals surface area contributed by atoms with Crippen molar-refractivity contribution in [3.63, 3.8) is 0 Å². The van der Waals surface area contributed by atoms with Gasteiger partial charge in [-0.1, -0.05) is 52.4 Å². The number of benzene rings is 1. The van der Waals surface area contributed by atoms with E-state index in [1.165, 1.54) is 11.1 Å². The summed E-state index contributed by atoms with van der Waals surface area (Å²) in [6.07, 6.45) is 2.28. The van der Waals surface area contributed by atoms with Crippen LogP contribution in [0.5, 0.6) is 0 Å². The first kappa shape index (κ1) is 8.39. The second kappa shape index (κ2) is 3.27. The zero-order valence-electron chi connectivity index (χ0n) is 6.59. The van der Waals surface area contributed by atoms with Crippen molar-refractivity contribution in [2.75, 3.05) is 0 Å². The number of alkyl halides is 1. The minimum absolute atomic E-state index is 0.405. The third kappa shape index (κ3) is 1.34. The number of hydrogen-bond acceptors (Lipinski definition) is 1. The SMILES string of the molecule is S=C1c2ccccc2CC[C@H]1Br. The van der Waals surface area contributed by atoms with E-state index in [4.69, 9.17) is 12.2 Å². The van der Waals surface area contributed by atoms with Crippen molar-refractivity contribution in [3.05, 3.63) is 35.4 Å². The molecule has 1 atom stereocenters. The molecular formula is C10H9BrS. The first-order valence-corrected chi connectivity index (χ1v) is 5.37. The van der Waals surface area contributed by atoms with Crippen LogP contribution in [0.4, 0.5) is 0 Å². The van der Waals surface area contributed by atoms with E-state index in [0.717, 1.165) is 17.7 Å². The van der Waals surface area contributed by atoms with Gasteiger partial charge in [-0.2, -0.15) is 0 Å². The zero-order valence-corrected chi connectivity index (χ0v) is 8.99. The van der Waals surface area contributed by atoms with Gasteiger partial charge in [0.1, 0.15) is 0 Å². The van der Waals surface area contributed by atoms with Gasteiger partial charge >= 0.3 is 0 Å². The van der Waals surface area contributed by atoms with E-state index in [2.05, 4.69) is 40.2 Å². The highest BCUT2D eigenvalue weighted by molar-refractivity contribution is 9.10. The summed E-state index contributed by atoms with van der Waals surface area (Å²) in [4.78, 5) is 1.47. The fourth-order valence-corrected chi connectivity index (χ4v) is 2.35. The Labute approximate surface area is 86.1 Å². The standard InChI is InChI=1S/C10H9BrS/c11-9-6-5-7-3-1-2-4-8(7)10(9)12/h1-4,9H,5-6H2/t9-/m1/s1. The quantitative estimate of drug-likeness (QED) is 0.496. The Morgan fingerprint density at radius 1 is 1.33 bits per heavy atom. The van der Waals surface area contributed by atoms with Gasteiger partial charge in [0.2, 0.25) is 0 Å². The molecule has 0 radical (unpaired) electrons. The normalized spacial score (nSPS) is 22.1. The van der Waals surface area contributed by atoms with Crippen molar-refractivity contribution >= 4 is 33.0 Å². The van der Waals surface area contributed by atoms with Crippen LogP contribution in [-0.2, 0) is 6.42 Å². The van der Waals surface area contributed by atoms with Gasteiger partial charge < -0.3 is 0 Å². The molecule has 1 aliphatic rings. The van der Waals surface area contributed by atoms with Crippen molar-refractivity contribution in [2.24, 2.45) is 0 Å². The predicted molar refractivity (Wildman–Crippen MR) is 59.2 cm³/mol. The average Bonchev–Trinajstić information content (AvgIpc) is 2.12. The molecule has 0 aliphatic heterocycles. The van der Waals surface area contributed by atoms with Crippen LogP contribution < -0.4 is 0 Å². The molecule has 1 aromatic carbocycles. The van der Waals surface area contributed by atoms with E-state index < -0.39 is 0 Å². The van der Waals surface area contributed by atoms with Crippen LogP contribution in [0.15, 0.2) is 24.3 Å². The summed E-state index contributed by atoms with van der Waals surface area (Å²) in [5.41, 5.74) is 2.67. The monoisotopic (exact) mass is 240 g/mol. The molecule has 0 saturated carbocycles. The number of halogens is 1. The smallest absolute Gasteiger partial charge is 0.0506 e. The van der Waals surface area contributed by atoms with Crippen LogP contribution in [0, 0.1) is 0 Å². The minimum atomic E-state index is 0.405. The minimum Gasteiger partial charge on any atom is -0.0830 e. The molecule has 0 nitrogen and oxygen atoms in total. The highest BCUT2D eigenvalue weighted by Crippen LogP contribution is 2.26. The van der Waals surface area contributed by atoms with E-state index in [-0.39, 0.29) is 0 Å². The maximum atomic E-state index is 5.34. The summed E-state index contributed by atoms with van der Waals surface area (Å²) < 4.78 is 0. The first-order chi connectivity index (χ1) is 5.79. The van der Waals surface area contributed by atoms with Gasteiger partial charge in [-0.15, -0.1) is 0 Å². The lowest BCUT2D eigenvalue weighted by Gasteiger charge is -2.20. The van der Waals surface area contributed by atoms with Crippen LogP contribution in [0.2, 0.25) is 0 Å².